The third-order valence-corrected chi connectivity index (χ3v) is 3.68. The second kappa shape index (κ2) is 7.29. The Morgan fingerprint density at radius 3 is 3.00 bits per heavy atom. The number of carboxylic acid groups (broad SMARTS) is 1. The molecule has 1 heterocycles. The van der Waals surface area contributed by atoms with Crippen LogP contribution in [0.3, 0.4) is 0 Å². The van der Waals surface area contributed by atoms with Crippen molar-refractivity contribution >= 4 is 5.97 Å². The zero-order valence-electron chi connectivity index (χ0n) is 12.0. The van der Waals surface area contributed by atoms with Crippen LogP contribution in [0.25, 0.3) is 0 Å². The van der Waals surface area contributed by atoms with E-state index in [2.05, 4.69) is 11.9 Å². The van der Waals surface area contributed by atoms with Gasteiger partial charge in [0.25, 0.3) is 0 Å². The molecule has 0 saturated carbocycles. The summed E-state index contributed by atoms with van der Waals surface area (Å²) < 4.78 is 6.13. The number of carboxylic acids is 1. The molecule has 0 spiro atoms. The number of likely N-dealkylation sites (N-methyl/N-ethyl adjacent to an activating group) is 1. The Morgan fingerprint density at radius 2 is 2.25 bits per heavy atom. The van der Waals surface area contributed by atoms with E-state index < -0.39 is 5.97 Å². The number of carbonyl (C=O) groups is 1. The molecule has 4 heteroatoms. The number of aryl methyl sites for hydroxylation is 1. The number of para-hydroxylation sites is 1. The summed E-state index contributed by atoms with van der Waals surface area (Å²) in [6.45, 7) is 2.10. The molecular weight excluding hydrogens is 254 g/mol. The van der Waals surface area contributed by atoms with Gasteiger partial charge in [-0.2, -0.15) is 0 Å². The molecule has 0 bridgehead atoms. The van der Waals surface area contributed by atoms with Crippen molar-refractivity contribution in [2.75, 3.05) is 20.1 Å². The van der Waals surface area contributed by atoms with Crippen molar-refractivity contribution in [3.8, 4) is 5.75 Å². The van der Waals surface area contributed by atoms with E-state index in [4.69, 9.17) is 9.84 Å². The number of benzene rings is 1. The number of ether oxygens (including phenoxy) is 1. The fourth-order valence-corrected chi connectivity index (χ4v) is 2.65. The molecule has 20 heavy (non-hydrogen) atoms. The Kier molecular flexibility index (Phi) is 5.41. The fraction of sp³-hybridized carbons (Fsp3) is 0.562. The van der Waals surface area contributed by atoms with Crippen molar-refractivity contribution in [2.24, 2.45) is 0 Å². The molecule has 1 aliphatic rings. The van der Waals surface area contributed by atoms with Gasteiger partial charge in [-0.1, -0.05) is 18.2 Å². The van der Waals surface area contributed by atoms with Crippen LogP contribution in [0.4, 0.5) is 0 Å². The summed E-state index contributed by atoms with van der Waals surface area (Å²) in [7, 11) is 2.12. The van der Waals surface area contributed by atoms with Gasteiger partial charge in [0.15, 0.2) is 0 Å². The summed E-state index contributed by atoms with van der Waals surface area (Å²) in [5.74, 6) is 0.176. The van der Waals surface area contributed by atoms with E-state index >= 15 is 0 Å². The van der Waals surface area contributed by atoms with Crippen LogP contribution in [0.2, 0.25) is 0 Å². The monoisotopic (exact) mass is 277 g/mol. The maximum absolute atomic E-state index is 10.6. The molecule has 4 nitrogen and oxygen atoms in total. The van der Waals surface area contributed by atoms with Crippen LogP contribution >= 0.6 is 0 Å². The molecule has 0 amide bonds. The number of hydrogen-bond donors (Lipinski definition) is 1. The largest absolute Gasteiger partial charge is 0.489 e. The van der Waals surface area contributed by atoms with Crippen LogP contribution in [-0.4, -0.2) is 42.2 Å². The van der Waals surface area contributed by atoms with Gasteiger partial charge in [-0.05, 0) is 50.9 Å². The van der Waals surface area contributed by atoms with Gasteiger partial charge >= 0.3 is 5.97 Å². The SMILES string of the molecule is CN1CCCC(Oc2ccccc2CCCC(=O)O)C1. The molecule has 1 fully saturated rings. The first-order valence-electron chi connectivity index (χ1n) is 7.30. The maximum atomic E-state index is 10.6. The molecular formula is C16H23NO3. The van der Waals surface area contributed by atoms with E-state index in [0.29, 0.717) is 6.42 Å². The highest BCUT2D eigenvalue weighted by Crippen LogP contribution is 2.23. The first kappa shape index (κ1) is 14.9. The van der Waals surface area contributed by atoms with Crippen LogP contribution < -0.4 is 4.74 Å². The van der Waals surface area contributed by atoms with Gasteiger partial charge in [0.1, 0.15) is 11.9 Å². The van der Waals surface area contributed by atoms with Gasteiger partial charge in [0.2, 0.25) is 0 Å². The lowest BCUT2D eigenvalue weighted by molar-refractivity contribution is -0.137. The number of piperidine rings is 1. The van der Waals surface area contributed by atoms with Gasteiger partial charge in [-0.3, -0.25) is 4.79 Å². The molecule has 110 valence electrons. The minimum atomic E-state index is -0.739. The summed E-state index contributed by atoms with van der Waals surface area (Å²) in [5.41, 5.74) is 1.11. The molecule has 1 aliphatic heterocycles. The molecule has 2 rings (SSSR count). The molecule has 1 aromatic rings. The van der Waals surface area contributed by atoms with Gasteiger partial charge in [0, 0.05) is 13.0 Å². The summed E-state index contributed by atoms with van der Waals surface area (Å²) >= 11 is 0. The summed E-state index contributed by atoms with van der Waals surface area (Å²) in [4.78, 5) is 12.9. The van der Waals surface area contributed by atoms with Gasteiger partial charge in [0.05, 0.1) is 0 Å². The van der Waals surface area contributed by atoms with Gasteiger partial charge in [-0.25, -0.2) is 0 Å². The van der Waals surface area contributed by atoms with Crippen molar-refractivity contribution in [3.05, 3.63) is 29.8 Å². The van der Waals surface area contributed by atoms with Crippen LogP contribution in [0.1, 0.15) is 31.2 Å². The predicted octanol–water partition coefficient (Wildman–Crippen LogP) is 2.57. The van der Waals surface area contributed by atoms with E-state index in [9.17, 15) is 4.79 Å². The highest BCUT2D eigenvalue weighted by atomic mass is 16.5. The zero-order chi connectivity index (χ0) is 14.4. The summed E-state index contributed by atoms with van der Waals surface area (Å²) in [6, 6.07) is 7.98. The predicted molar refractivity (Wildman–Crippen MR) is 78.2 cm³/mol. The third-order valence-electron chi connectivity index (χ3n) is 3.68. The van der Waals surface area contributed by atoms with E-state index in [-0.39, 0.29) is 12.5 Å². The molecule has 1 unspecified atom stereocenters. The maximum Gasteiger partial charge on any atom is 0.303 e. The fourth-order valence-electron chi connectivity index (χ4n) is 2.65. The van der Waals surface area contributed by atoms with E-state index in [1.807, 2.05) is 24.3 Å². The molecule has 1 atom stereocenters. The van der Waals surface area contributed by atoms with Gasteiger partial charge < -0.3 is 14.7 Å². The molecule has 0 aromatic heterocycles. The minimum absolute atomic E-state index is 0.209. The van der Waals surface area contributed by atoms with E-state index in [0.717, 1.165) is 37.2 Å². The lowest BCUT2D eigenvalue weighted by Gasteiger charge is -2.30. The first-order valence-corrected chi connectivity index (χ1v) is 7.30. The number of rotatable bonds is 6. The van der Waals surface area contributed by atoms with Crippen molar-refractivity contribution < 1.29 is 14.6 Å². The zero-order valence-corrected chi connectivity index (χ0v) is 12.0. The van der Waals surface area contributed by atoms with Crippen LogP contribution in [0, 0.1) is 0 Å². The third kappa shape index (κ3) is 4.53. The number of likely N-dealkylation sites (tertiary alicyclic amines) is 1. The second-order valence-electron chi connectivity index (χ2n) is 5.50. The van der Waals surface area contributed by atoms with E-state index in [1.54, 1.807) is 0 Å². The van der Waals surface area contributed by atoms with Crippen molar-refractivity contribution in [1.82, 2.24) is 4.90 Å². The lowest BCUT2D eigenvalue weighted by Crippen LogP contribution is -2.38. The second-order valence-corrected chi connectivity index (χ2v) is 5.50. The molecule has 1 saturated heterocycles. The highest BCUT2D eigenvalue weighted by Gasteiger charge is 2.19. The van der Waals surface area contributed by atoms with Crippen LogP contribution in [0.5, 0.6) is 5.75 Å². The van der Waals surface area contributed by atoms with Crippen LogP contribution in [0.15, 0.2) is 24.3 Å². The number of hydrogen-bond acceptors (Lipinski definition) is 3. The standard InChI is InChI=1S/C16H23NO3/c1-17-11-5-8-14(12-17)20-15-9-3-2-6-13(15)7-4-10-16(18)19/h2-3,6,9,14H,4-5,7-8,10-12H2,1H3,(H,18,19). The molecule has 1 N–H and O–H groups in total. The number of nitrogens with zero attached hydrogens (tertiary/aromatic N) is 1. The number of aliphatic carboxylic acids is 1. The average Bonchev–Trinajstić information content (AvgIpc) is 2.40. The Labute approximate surface area is 120 Å². The lowest BCUT2D eigenvalue weighted by atomic mass is 10.1. The van der Waals surface area contributed by atoms with Gasteiger partial charge in [-0.15, -0.1) is 0 Å². The Morgan fingerprint density at radius 1 is 1.45 bits per heavy atom. The Balaban J connectivity index is 1.94. The van der Waals surface area contributed by atoms with Crippen LogP contribution in [-0.2, 0) is 11.2 Å². The van der Waals surface area contributed by atoms with E-state index in [1.165, 1.54) is 6.42 Å². The Hall–Kier alpha value is -1.55. The molecule has 1 aromatic carbocycles. The summed E-state index contributed by atoms with van der Waals surface area (Å²) in [6.07, 6.45) is 4.12. The Bertz CT molecular complexity index is 447. The highest BCUT2D eigenvalue weighted by molar-refractivity contribution is 5.66. The first-order chi connectivity index (χ1) is 9.65. The normalized spacial score (nSPS) is 19.8. The molecule has 0 radical (unpaired) electrons. The average molecular weight is 277 g/mol. The minimum Gasteiger partial charge on any atom is -0.489 e. The van der Waals surface area contributed by atoms with Crippen molar-refractivity contribution in [3.63, 3.8) is 0 Å². The van der Waals surface area contributed by atoms with Crippen molar-refractivity contribution in [2.45, 2.75) is 38.2 Å². The quantitative estimate of drug-likeness (QED) is 0.868. The molecule has 0 aliphatic carbocycles. The topological polar surface area (TPSA) is 49.8 Å². The summed E-state index contributed by atoms with van der Waals surface area (Å²) in [5, 5.41) is 8.71. The van der Waals surface area contributed by atoms with Crippen molar-refractivity contribution in [1.29, 1.82) is 0 Å². The smallest absolute Gasteiger partial charge is 0.303 e.